The molecule has 1 amide bonds. The third kappa shape index (κ3) is 4.14. The van der Waals surface area contributed by atoms with E-state index in [0.717, 1.165) is 38.2 Å². The van der Waals surface area contributed by atoms with Crippen LogP contribution < -0.4 is 5.32 Å². The lowest BCUT2D eigenvalue weighted by molar-refractivity contribution is 0.0527. The molecule has 1 N–H and O–H groups in total. The number of hydrogen-bond donors (Lipinski definition) is 1. The van der Waals surface area contributed by atoms with Crippen molar-refractivity contribution in [1.82, 2.24) is 4.98 Å². The van der Waals surface area contributed by atoms with Gasteiger partial charge in [-0.05, 0) is 51.5 Å². The van der Waals surface area contributed by atoms with Crippen LogP contribution in [0.15, 0.2) is 54.6 Å². The molecule has 32 heavy (non-hydrogen) atoms. The predicted octanol–water partition coefficient (Wildman–Crippen LogP) is 6.32. The summed E-state index contributed by atoms with van der Waals surface area (Å²) in [5, 5.41) is 4.22. The number of rotatable bonds is 5. The van der Waals surface area contributed by atoms with Gasteiger partial charge >= 0.3 is 5.97 Å². The highest BCUT2D eigenvalue weighted by atomic mass is 32.1. The third-order valence-electron chi connectivity index (χ3n) is 5.37. The molecule has 2 aromatic heterocycles. The van der Waals surface area contributed by atoms with Crippen LogP contribution in [-0.4, -0.2) is 23.5 Å². The molecule has 0 aliphatic rings. The monoisotopic (exact) mass is 444 g/mol. The number of anilines is 1. The van der Waals surface area contributed by atoms with E-state index >= 15 is 0 Å². The Morgan fingerprint density at radius 2 is 1.81 bits per heavy atom. The molecule has 0 saturated heterocycles. The summed E-state index contributed by atoms with van der Waals surface area (Å²) in [5.74, 6) is -0.714. The molecule has 0 unspecified atom stereocenters. The SMILES string of the molecule is CCOC(=O)c1c(NC(=O)c2cc(-c3cccc(C)c3)nc3ccccc23)sc(C)c1C. The van der Waals surface area contributed by atoms with Crippen LogP contribution in [0.3, 0.4) is 0 Å². The van der Waals surface area contributed by atoms with Crippen molar-refractivity contribution in [3.05, 3.63) is 81.7 Å². The molecule has 4 aromatic rings. The number of fused-ring (bicyclic) bond motifs is 1. The first kappa shape index (κ1) is 21.7. The molecule has 0 radical (unpaired) electrons. The second-order valence-corrected chi connectivity index (χ2v) is 8.83. The normalized spacial score (nSPS) is 10.9. The lowest BCUT2D eigenvalue weighted by Gasteiger charge is -2.11. The standard InChI is InChI=1S/C26H24N2O3S/c1-5-31-26(30)23-16(3)17(4)32-25(23)28-24(29)20-14-22(18-10-8-9-15(2)13-18)27-21-12-7-6-11-19(20)21/h6-14H,5H2,1-4H3,(H,28,29). The van der Waals surface area contributed by atoms with E-state index in [1.54, 1.807) is 6.92 Å². The number of esters is 1. The van der Waals surface area contributed by atoms with Crippen LogP contribution in [0.4, 0.5) is 5.00 Å². The molecule has 0 aliphatic carbocycles. The van der Waals surface area contributed by atoms with E-state index in [9.17, 15) is 9.59 Å². The molecule has 0 spiro atoms. The number of hydrogen-bond acceptors (Lipinski definition) is 5. The zero-order valence-electron chi connectivity index (χ0n) is 18.5. The number of ether oxygens (including phenoxy) is 1. The van der Waals surface area contributed by atoms with Gasteiger partial charge in [0.15, 0.2) is 0 Å². The van der Waals surface area contributed by atoms with Gasteiger partial charge in [0.25, 0.3) is 5.91 Å². The Hall–Kier alpha value is -3.51. The van der Waals surface area contributed by atoms with Gasteiger partial charge in [0, 0.05) is 15.8 Å². The van der Waals surface area contributed by atoms with E-state index in [4.69, 9.17) is 9.72 Å². The molecule has 0 fully saturated rings. The topological polar surface area (TPSA) is 68.3 Å². The van der Waals surface area contributed by atoms with E-state index in [2.05, 4.69) is 5.32 Å². The molecule has 4 rings (SSSR count). The van der Waals surface area contributed by atoms with Gasteiger partial charge in [-0.15, -0.1) is 11.3 Å². The summed E-state index contributed by atoms with van der Waals surface area (Å²) in [6.45, 7) is 7.86. The molecule has 0 atom stereocenters. The second kappa shape index (κ2) is 8.93. The van der Waals surface area contributed by atoms with Gasteiger partial charge in [0.2, 0.25) is 0 Å². The van der Waals surface area contributed by atoms with Crippen LogP contribution in [-0.2, 0) is 4.74 Å². The molecule has 0 aliphatic heterocycles. The molecule has 5 nitrogen and oxygen atoms in total. The van der Waals surface area contributed by atoms with Crippen LogP contribution in [0, 0.1) is 20.8 Å². The zero-order chi connectivity index (χ0) is 22.8. The van der Waals surface area contributed by atoms with Crippen molar-refractivity contribution in [2.45, 2.75) is 27.7 Å². The fourth-order valence-electron chi connectivity index (χ4n) is 3.65. The molecular weight excluding hydrogens is 420 g/mol. The highest BCUT2D eigenvalue weighted by Crippen LogP contribution is 2.34. The average molecular weight is 445 g/mol. The lowest BCUT2D eigenvalue weighted by Crippen LogP contribution is -2.15. The number of amides is 1. The van der Waals surface area contributed by atoms with E-state index in [1.807, 2.05) is 75.4 Å². The molecule has 2 aromatic carbocycles. The molecule has 0 bridgehead atoms. The van der Waals surface area contributed by atoms with Crippen LogP contribution in [0.2, 0.25) is 0 Å². The smallest absolute Gasteiger partial charge is 0.341 e. The van der Waals surface area contributed by atoms with Crippen LogP contribution in [0.25, 0.3) is 22.2 Å². The summed E-state index contributed by atoms with van der Waals surface area (Å²) < 4.78 is 5.21. The molecular formula is C26H24N2O3S. The van der Waals surface area contributed by atoms with Gasteiger partial charge in [-0.25, -0.2) is 9.78 Å². The summed E-state index contributed by atoms with van der Waals surface area (Å²) >= 11 is 1.38. The quantitative estimate of drug-likeness (QED) is 0.366. The Kier molecular flexibility index (Phi) is 6.06. The Balaban J connectivity index is 1.80. The van der Waals surface area contributed by atoms with E-state index in [1.165, 1.54) is 11.3 Å². The molecule has 2 heterocycles. The maximum absolute atomic E-state index is 13.4. The number of carbonyl (C=O) groups excluding carboxylic acids is 2. The maximum Gasteiger partial charge on any atom is 0.341 e. The zero-order valence-corrected chi connectivity index (χ0v) is 19.3. The van der Waals surface area contributed by atoms with Gasteiger partial charge < -0.3 is 10.1 Å². The summed E-state index contributed by atoms with van der Waals surface area (Å²) in [7, 11) is 0. The second-order valence-electron chi connectivity index (χ2n) is 7.60. The fraction of sp³-hybridized carbons (Fsp3) is 0.192. The number of nitrogens with one attached hydrogen (secondary N) is 1. The average Bonchev–Trinajstić information content (AvgIpc) is 3.06. The van der Waals surface area contributed by atoms with Crippen LogP contribution in [0.1, 0.15) is 43.6 Å². The Morgan fingerprint density at radius 3 is 2.56 bits per heavy atom. The number of aromatic nitrogens is 1. The minimum atomic E-state index is -0.426. The van der Waals surface area contributed by atoms with Gasteiger partial charge in [-0.2, -0.15) is 0 Å². The number of thiophene rings is 1. The van der Waals surface area contributed by atoms with Gasteiger partial charge in [0.05, 0.1) is 28.9 Å². The van der Waals surface area contributed by atoms with Crippen LogP contribution >= 0.6 is 11.3 Å². The summed E-state index contributed by atoms with van der Waals surface area (Å²) in [4.78, 5) is 31.7. The Morgan fingerprint density at radius 1 is 1.03 bits per heavy atom. The molecule has 162 valence electrons. The highest BCUT2D eigenvalue weighted by Gasteiger charge is 2.23. The number of benzene rings is 2. The number of carbonyl (C=O) groups is 2. The van der Waals surface area contributed by atoms with Crippen molar-refractivity contribution in [1.29, 1.82) is 0 Å². The van der Waals surface area contributed by atoms with E-state index < -0.39 is 5.97 Å². The van der Waals surface area contributed by atoms with Crippen molar-refractivity contribution in [3.8, 4) is 11.3 Å². The first-order chi connectivity index (χ1) is 15.4. The first-order valence-corrected chi connectivity index (χ1v) is 11.3. The molecule has 6 heteroatoms. The third-order valence-corrected chi connectivity index (χ3v) is 6.49. The Bertz CT molecular complexity index is 1340. The summed E-state index contributed by atoms with van der Waals surface area (Å²) in [6.07, 6.45) is 0. The van der Waals surface area contributed by atoms with Gasteiger partial charge in [0.1, 0.15) is 5.00 Å². The summed E-state index contributed by atoms with van der Waals surface area (Å²) in [6, 6.07) is 17.4. The highest BCUT2D eigenvalue weighted by molar-refractivity contribution is 7.16. The minimum absolute atomic E-state index is 0.273. The molecule has 0 saturated carbocycles. The van der Waals surface area contributed by atoms with Crippen molar-refractivity contribution >= 4 is 39.1 Å². The van der Waals surface area contributed by atoms with Crippen molar-refractivity contribution in [2.75, 3.05) is 11.9 Å². The number of aryl methyl sites for hydroxylation is 2. The summed E-state index contributed by atoms with van der Waals surface area (Å²) in [5.41, 5.74) is 5.27. The largest absolute Gasteiger partial charge is 0.462 e. The van der Waals surface area contributed by atoms with E-state index in [-0.39, 0.29) is 12.5 Å². The van der Waals surface area contributed by atoms with Crippen molar-refractivity contribution in [3.63, 3.8) is 0 Å². The minimum Gasteiger partial charge on any atom is -0.462 e. The number of para-hydroxylation sites is 1. The predicted molar refractivity (Wildman–Crippen MR) is 130 cm³/mol. The number of nitrogens with zero attached hydrogens (tertiary/aromatic N) is 1. The maximum atomic E-state index is 13.4. The van der Waals surface area contributed by atoms with Gasteiger partial charge in [-0.3, -0.25) is 4.79 Å². The Labute approximate surface area is 191 Å². The van der Waals surface area contributed by atoms with Gasteiger partial charge in [-0.1, -0.05) is 42.0 Å². The van der Waals surface area contributed by atoms with E-state index in [0.29, 0.717) is 16.1 Å². The van der Waals surface area contributed by atoms with Crippen LogP contribution in [0.5, 0.6) is 0 Å². The number of pyridine rings is 1. The first-order valence-electron chi connectivity index (χ1n) is 10.4. The lowest BCUT2D eigenvalue weighted by atomic mass is 10.0. The fourth-order valence-corrected chi connectivity index (χ4v) is 4.69. The van der Waals surface area contributed by atoms with Crippen molar-refractivity contribution < 1.29 is 14.3 Å². The van der Waals surface area contributed by atoms with Crippen molar-refractivity contribution in [2.24, 2.45) is 0 Å².